The Morgan fingerprint density at radius 1 is 0.968 bits per heavy atom. The van der Waals surface area contributed by atoms with Crippen molar-refractivity contribution >= 4 is 35.1 Å². The van der Waals surface area contributed by atoms with Gasteiger partial charge in [0.05, 0.1) is 18.8 Å². The van der Waals surface area contributed by atoms with Crippen molar-refractivity contribution in [2.24, 2.45) is 5.92 Å². The van der Waals surface area contributed by atoms with Crippen LogP contribution in [0.15, 0.2) is 54.6 Å². The van der Waals surface area contributed by atoms with Crippen LogP contribution in [0.5, 0.6) is 0 Å². The number of amides is 5. The van der Waals surface area contributed by atoms with Crippen LogP contribution < -0.4 is 15.1 Å². The Hall–Kier alpha value is -3.52. The van der Waals surface area contributed by atoms with Gasteiger partial charge in [-0.2, -0.15) is 0 Å². The average Bonchev–Trinajstić information content (AvgIpc) is 2.99. The molecule has 2 aromatic carbocycles. The number of hydrogen-bond donors (Lipinski definition) is 2. The lowest BCUT2D eigenvalue weighted by atomic mass is 9.96. The molecule has 2 heterocycles. The molecule has 4 rings (SSSR count). The Balaban J connectivity index is 1.34. The molecule has 2 saturated heterocycles. The molecule has 0 bridgehead atoms. The Labute approximate surface area is 180 Å². The smallest absolute Gasteiger partial charge is 0.326 e. The standard InChI is InChI=1S/C23H24N4O4/c1-16-7-9-19(10-8-16)27-22(30)21(29)26(23(27)31)15-25-13-11-17(12-14-25)20(28)24-18-5-3-2-4-6-18/h2-10,17H,11-15H2,1H3,(H,24,28)/p+1. The van der Waals surface area contributed by atoms with E-state index < -0.39 is 17.8 Å². The van der Waals surface area contributed by atoms with Gasteiger partial charge >= 0.3 is 17.8 Å². The summed E-state index contributed by atoms with van der Waals surface area (Å²) in [6.45, 7) is 3.31. The number of hydrogen-bond acceptors (Lipinski definition) is 4. The third kappa shape index (κ3) is 4.34. The number of para-hydroxylation sites is 1. The molecule has 5 amide bonds. The highest BCUT2D eigenvalue weighted by Gasteiger charge is 2.47. The van der Waals surface area contributed by atoms with Gasteiger partial charge in [-0.05, 0) is 31.2 Å². The minimum atomic E-state index is -0.828. The van der Waals surface area contributed by atoms with Crippen LogP contribution in [0.2, 0.25) is 0 Å². The van der Waals surface area contributed by atoms with Gasteiger partial charge in [0.15, 0.2) is 6.67 Å². The van der Waals surface area contributed by atoms with E-state index in [1.54, 1.807) is 24.3 Å². The fraction of sp³-hybridized carbons (Fsp3) is 0.304. The number of piperidine rings is 1. The first-order valence-electron chi connectivity index (χ1n) is 10.4. The lowest BCUT2D eigenvalue weighted by molar-refractivity contribution is -0.912. The maximum Gasteiger partial charge on any atom is 0.343 e. The van der Waals surface area contributed by atoms with E-state index in [9.17, 15) is 19.2 Å². The van der Waals surface area contributed by atoms with Crippen LogP contribution in [0.3, 0.4) is 0 Å². The molecule has 0 aromatic heterocycles. The largest absolute Gasteiger partial charge is 0.343 e. The Kier molecular flexibility index (Phi) is 5.81. The second-order valence-electron chi connectivity index (χ2n) is 8.03. The van der Waals surface area contributed by atoms with Gasteiger partial charge < -0.3 is 10.2 Å². The molecule has 2 aromatic rings. The number of nitrogens with one attached hydrogen (secondary N) is 2. The maximum absolute atomic E-state index is 12.8. The Bertz CT molecular complexity index is 998. The summed E-state index contributed by atoms with van der Waals surface area (Å²) >= 11 is 0. The van der Waals surface area contributed by atoms with Crippen LogP contribution in [-0.4, -0.2) is 48.4 Å². The molecular weight excluding hydrogens is 396 g/mol. The lowest BCUT2D eigenvalue weighted by Gasteiger charge is -2.30. The number of benzene rings is 2. The summed E-state index contributed by atoms with van der Waals surface area (Å²) in [5.74, 6) is -1.76. The molecule has 2 aliphatic rings. The number of carbonyl (C=O) groups is 4. The number of anilines is 2. The van der Waals surface area contributed by atoms with Gasteiger partial charge in [0.1, 0.15) is 0 Å². The number of aryl methyl sites for hydroxylation is 1. The van der Waals surface area contributed by atoms with Crippen molar-refractivity contribution in [2.75, 3.05) is 30.0 Å². The summed E-state index contributed by atoms with van der Waals surface area (Å²) in [7, 11) is 0. The van der Waals surface area contributed by atoms with E-state index in [0.29, 0.717) is 31.6 Å². The predicted octanol–water partition coefficient (Wildman–Crippen LogP) is 1.18. The second kappa shape index (κ2) is 8.69. The third-order valence-electron chi connectivity index (χ3n) is 5.83. The van der Waals surface area contributed by atoms with Crippen molar-refractivity contribution in [2.45, 2.75) is 19.8 Å². The van der Waals surface area contributed by atoms with Crippen molar-refractivity contribution in [3.05, 3.63) is 60.2 Å². The topological polar surface area (TPSA) is 91.2 Å². The molecule has 0 saturated carbocycles. The second-order valence-corrected chi connectivity index (χ2v) is 8.03. The molecule has 2 aliphatic heterocycles. The van der Waals surface area contributed by atoms with Crippen molar-refractivity contribution in [1.82, 2.24) is 4.90 Å². The minimum absolute atomic E-state index is 0.0145. The molecule has 2 N–H and O–H groups in total. The molecule has 0 spiro atoms. The highest BCUT2D eigenvalue weighted by molar-refractivity contribution is 6.52. The van der Waals surface area contributed by atoms with Crippen LogP contribution in [0, 0.1) is 12.8 Å². The van der Waals surface area contributed by atoms with Gasteiger partial charge in [0.25, 0.3) is 0 Å². The molecule has 0 radical (unpaired) electrons. The zero-order valence-corrected chi connectivity index (χ0v) is 17.3. The van der Waals surface area contributed by atoms with Crippen molar-refractivity contribution in [3.8, 4) is 0 Å². The number of likely N-dealkylation sites (tertiary alicyclic amines) is 1. The van der Waals surface area contributed by atoms with Crippen molar-refractivity contribution in [3.63, 3.8) is 0 Å². The molecule has 0 unspecified atom stereocenters. The van der Waals surface area contributed by atoms with Gasteiger partial charge in [-0.25, -0.2) is 14.6 Å². The van der Waals surface area contributed by atoms with Crippen LogP contribution in [0.4, 0.5) is 16.2 Å². The first kappa shape index (κ1) is 20.7. The number of carbonyl (C=O) groups excluding carboxylic acids is 4. The SMILES string of the molecule is Cc1ccc(N2C(=O)C(=O)N(C[NH+]3CCC(C(=O)Nc4ccccc4)CC3)C2=O)cc1. The van der Waals surface area contributed by atoms with E-state index in [0.717, 1.165) is 26.0 Å². The summed E-state index contributed by atoms with van der Waals surface area (Å²) in [6, 6.07) is 15.6. The van der Waals surface area contributed by atoms with Crippen molar-refractivity contribution in [1.29, 1.82) is 0 Å². The minimum Gasteiger partial charge on any atom is -0.326 e. The average molecular weight is 421 g/mol. The zero-order chi connectivity index (χ0) is 22.0. The van der Waals surface area contributed by atoms with E-state index in [1.165, 1.54) is 0 Å². The maximum atomic E-state index is 12.8. The van der Waals surface area contributed by atoms with E-state index >= 15 is 0 Å². The molecule has 0 aliphatic carbocycles. The predicted molar refractivity (Wildman–Crippen MR) is 114 cm³/mol. The number of urea groups is 1. The monoisotopic (exact) mass is 421 g/mol. The van der Waals surface area contributed by atoms with Crippen LogP contribution in [-0.2, 0) is 14.4 Å². The van der Waals surface area contributed by atoms with Crippen LogP contribution in [0.25, 0.3) is 0 Å². The van der Waals surface area contributed by atoms with Crippen LogP contribution in [0.1, 0.15) is 18.4 Å². The van der Waals surface area contributed by atoms with Crippen molar-refractivity contribution < 1.29 is 24.1 Å². The fourth-order valence-electron chi connectivity index (χ4n) is 4.00. The van der Waals surface area contributed by atoms with E-state index in [2.05, 4.69) is 5.32 Å². The third-order valence-corrected chi connectivity index (χ3v) is 5.83. The summed E-state index contributed by atoms with van der Waals surface area (Å²) in [5.41, 5.74) is 2.16. The van der Waals surface area contributed by atoms with Gasteiger partial charge in [0.2, 0.25) is 5.91 Å². The van der Waals surface area contributed by atoms with Gasteiger partial charge in [0, 0.05) is 24.4 Å². The zero-order valence-electron chi connectivity index (χ0n) is 17.3. The summed E-state index contributed by atoms with van der Waals surface area (Å²) in [5, 5.41) is 2.93. The fourth-order valence-corrected chi connectivity index (χ4v) is 4.00. The highest BCUT2D eigenvalue weighted by atomic mass is 16.2. The first-order valence-corrected chi connectivity index (χ1v) is 10.4. The normalized spacial score (nSPS) is 21.5. The number of nitrogens with zero attached hydrogens (tertiary/aromatic N) is 2. The molecule has 2 fully saturated rings. The summed E-state index contributed by atoms with van der Waals surface area (Å²) in [6.07, 6.45) is 1.31. The number of quaternary nitrogens is 1. The molecule has 160 valence electrons. The number of rotatable bonds is 5. The summed E-state index contributed by atoms with van der Waals surface area (Å²) < 4.78 is 0. The highest BCUT2D eigenvalue weighted by Crippen LogP contribution is 2.22. The van der Waals surface area contributed by atoms with Gasteiger partial charge in [-0.15, -0.1) is 0 Å². The van der Waals surface area contributed by atoms with Gasteiger partial charge in [-0.3, -0.25) is 14.4 Å². The molecule has 0 atom stereocenters. The molecule has 8 nitrogen and oxygen atoms in total. The van der Waals surface area contributed by atoms with Crippen LogP contribution >= 0.6 is 0 Å². The summed E-state index contributed by atoms with van der Waals surface area (Å²) in [4.78, 5) is 53.1. The lowest BCUT2D eigenvalue weighted by Crippen LogP contribution is -3.14. The quantitative estimate of drug-likeness (QED) is 0.560. The Morgan fingerprint density at radius 2 is 1.61 bits per heavy atom. The number of imide groups is 2. The van der Waals surface area contributed by atoms with E-state index in [4.69, 9.17) is 0 Å². The molecule has 31 heavy (non-hydrogen) atoms. The van der Waals surface area contributed by atoms with Gasteiger partial charge in [-0.1, -0.05) is 35.9 Å². The molecular formula is C23H25N4O4+. The van der Waals surface area contributed by atoms with E-state index in [1.807, 2.05) is 37.3 Å². The Morgan fingerprint density at radius 3 is 2.26 bits per heavy atom. The van der Waals surface area contributed by atoms with E-state index in [-0.39, 0.29) is 18.5 Å². The first-order chi connectivity index (χ1) is 14.9. The molecule has 8 heteroatoms.